The summed E-state index contributed by atoms with van der Waals surface area (Å²) in [5, 5.41) is 0. The molecule has 1 aromatic rings. The van der Waals surface area contributed by atoms with E-state index in [9.17, 15) is 4.79 Å². The maximum atomic E-state index is 13.1. The lowest BCUT2D eigenvalue weighted by molar-refractivity contribution is -0.152. The van der Waals surface area contributed by atoms with E-state index in [2.05, 4.69) is 26.0 Å². The summed E-state index contributed by atoms with van der Waals surface area (Å²) in [6.45, 7) is 6.52. The van der Waals surface area contributed by atoms with Crippen LogP contribution in [0.15, 0.2) is 30.3 Å². The minimum Gasteiger partial charge on any atom is -0.461 e. The van der Waals surface area contributed by atoms with Gasteiger partial charge >= 0.3 is 5.97 Å². The molecule has 0 aliphatic rings. The maximum absolute atomic E-state index is 13.1. The summed E-state index contributed by atoms with van der Waals surface area (Å²) in [7, 11) is 0. The summed E-state index contributed by atoms with van der Waals surface area (Å²) in [5.41, 5.74) is 1.19. The molecule has 0 saturated heterocycles. The van der Waals surface area contributed by atoms with Gasteiger partial charge in [0.15, 0.2) is 0 Å². The first-order valence-electron chi connectivity index (χ1n) is 13.4. The number of carbonyl (C=O) groups excluding carboxylic acids is 1. The van der Waals surface area contributed by atoms with Gasteiger partial charge in [0.25, 0.3) is 0 Å². The lowest BCUT2D eigenvalue weighted by Crippen LogP contribution is -2.38. The van der Waals surface area contributed by atoms with Crippen molar-refractivity contribution in [2.75, 3.05) is 6.26 Å². The normalized spacial score (nSPS) is 14.1. The molecule has 0 aliphatic carbocycles. The summed E-state index contributed by atoms with van der Waals surface area (Å²) in [6.07, 6.45) is 22.0. The molecule has 2 nitrogen and oxygen atoms in total. The molecule has 1 aromatic carbocycles. The van der Waals surface area contributed by atoms with Gasteiger partial charge in [-0.25, -0.2) is 0 Å². The van der Waals surface area contributed by atoms with Crippen molar-refractivity contribution in [2.24, 2.45) is 0 Å². The molecule has 1 rings (SSSR count). The van der Waals surface area contributed by atoms with Crippen molar-refractivity contribution in [3.63, 3.8) is 0 Å². The lowest BCUT2D eigenvalue weighted by Gasteiger charge is -2.28. The average Bonchev–Trinajstić information content (AvgIpc) is 2.81. The summed E-state index contributed by atoms with van der Waals surface area (Å²) < 4.78 is 5.59. The van der Waals surface area contributed by atoms with Gasteiger partial charge in [0.2, 0.25) is 0 Å². The summed E-state index contributed by atoms with van der Waals surface area (Å²) in [6, 6.07) is 10.3. The highest BCUT2D eigenvalue weighted by Gasteiger charge is 2.35. The van der Waals surface area contributed by atoms with Crippen LogP contribution in [0.1, 0.15) is 123 Å². The van der Waals surface area contributed by atoms with Crippen molar-refractivity contribution in [3.05, 3.63) is 35.9 Å². The van der Waals surface area contributed by atoms with Crippen LogP contribution in [-0.2, 0) is 16.0 Å². The molecule has 3 heteroatoms. The molecule has 184 valence electrons. The van der Waals surface area contributed by atoms with Crippen molar-refractivity contribution in [1.29, 1.82) is 0 Å². The van der Waals surface area contributed by atoms with E-state index in [1.807, 2.05) is 31.4 Å². The topological polar surface area (TPSA) is 26.3 Å². The van der Waals surface area contributed by atoms with E-state index in [-0.39, 0.29) is 12.1 Å². The highest BCUT2D eigenvalue weighted by molar-refractivity contribution is 8.00. The van der Waals surface area contributed by atoms with Gasteiger partial charge in [0.05, 0.1) is 0 Å². The van der Waals surface area contributed by atoms with Crippen LogP contribution >= 0.6 is 11.8 Å². The van der Waals surface area contributed by atoms with Crippen LogP contribution in [0.3, 0.4) is 0 Å². The molecule has 2 unspecified atom stereocenters. The molecule has 0 bridgehead atoms. The molecule has 0 amide bonds. The average molecular weight is 463 g/mol. The fourth-order valence-electron chi connectivity index (χ4n) is 4.22. The fraction of sp³-hybridized carbons (Fsp3) is 0.759. The largest absolute Gasteiger partial charge is 0.461 e. The quantitative estimate of drug-likeness (QED) is 0.143. The predicted octanol–water partition coefficient (Wildman–Crippen LogP) is 9.15. The minimum atomic E-state index is -0.525. The standard InChI is InChI=1S/C29H50O2S/c1-5-7-9-10-11-12-13-14-15-16-20-24-27(23-8-6-2)31-28(30)29(3,32-4)25-26-21-18-17-19-22-26/h17-19,21-22,27H,5-16,20,23-25H2,1-4H3. The Kier molecular flexibility index (Phi) is 16.8. The van der Waals surface area contributed by atoms with Crippen LogP contribution in [-0.4, -0.2) is 23.1 Å². The Morgan fingerprint density at radius 3 is 1.84 bits per heavy atom. The molecule has 0 radical (unpaired) electrons. The van der Waals surface area contributed by atoms with Gasteiger partial charge in [-0.2, -0.15) is 0 Å². The van der Waals surface area contributed by atoms with Crippen molar-refractivity contribution < 1.29 is 9.53 Å². The number of hydrogen-bond acceptors (Lipinski definition) is 3. The first-order valence-corrected chi connectivity index (χ1v) is 14.6. The van der Waals surface area contributed by atoms with Gasteiger partial charge < -0.3 is 4.74 Å². The highest BCUT2D eigenvalue weighted by atomic mass is 32.2. The highest BCUT2D eigenvalue weighted by Crippen LogP contribution is 2.30. The van der Waals surface area contributed by atoms with Gasteiger partial charge in [-0.15, -0.1) is 11.8 Å². The zero-order valence-electron chi connectivity index (χ0n) is 21.5. The summed E-state index contributed by atoms with van der Waals surface area (Å²) in [4.78, 5) is 13.1. The molecule has 2 atom stereocenters. The second-order valence-electron chi connectivity index (χ2n) is 9.59. The Bertz CT molecular complexity index is 574. The number of hydrogen-bond donors (Lipinski definition) is 0. The van der Waals surface area contributed by atoms with Crippen molar-refractivity contribution in [1.82, 2.24) is 0 Å². The SMILES string of the molecule is CCCCCCCCCCCCCC(CCCC)OC(=O)C(C)(Cc1ccccc1)SC. The first-order chi connectivity index (χ1) is 15.6. The molecule has 0 spiro atoms. The minimum absolute atomic E-state index is 0.0435. The third-order valence-corrected chi connectivity index (χ3v) is 7.76. The van der Waals surface area contributed by atoms with Crippen molar-refractivity contribution >= 4 is 17.7 Å². The van der Waals surface area contributed by atoms with Gasteiger partial charge in [-0.3, -0.25) is 4.79 Å². The maximum Gasteiger partial charge on any atom is 0.322 e. The molecule has 0 aromatic heterocycles. The number of thioether (sulfide) groups is 1. The number of unbranched alkanes of at least 4 members (excludes halogenated alkanes) is 11. The van der Waals surface area contributed by atoms with E-state index >= 15 is 0 Å². The Morgan fingerprint density at radius 2 is 1.31 bits per heavy atom. The van der Waals surface area contributed by atoms with Crippen LogP contribution in [0.4, 0.5) is 0 Å². The number of carbonyl (C=O) groups is 1. The second kappa shape index (κ2) is 18.5. The Labute approximate surface area is 203 Å². The second-order valence-corrected chi connectivity index (χ2v) is 10.9. The molecular formula is C29H50O2S. The molecule has 0 aliphatic heterocycles. The Morgan fingerprint density at radius 1 is 0.812 bits per heavy atom. The number of benzene rings is 1. The number of esters is 1. The summed E-state index contributed by atoms with van der Waals surface area (Å²) >= 11 is 1.61. The molecule has 0 fully saturated rings. The van der Waals surface area contributed by atoms with Crippen molar-refractivity contribution in [3.8, 4) is 0 Å². The lowest BCUT2D eigenvalue weighted by atomic mass is 9.99. The van der Waals surface area contributed by atoms with Gasteiger partial charge in [0.1, 0.15) is 10.9 Å². The van der Waals surface area contributed by atoms with Gasteiger partial charge in [0, 0.05) is 0 Å². The fourth-order valence-corrected chi connectivity index (χ4v) is 4.75. The van der Waals surface area contributed by atoms with Crippen LogP contribution in [0.5, 0.6) is 0 Å². The number of rotatable bonds is 20. The number of ether oxygens (including phenoxy) is 1. The van der Waals surface area contributed by atoms with E-state index in [0.717, 1.165) is 25.7 Å². The predicted molar refractivity (Wildman–Crippen MR) is 143 cm³/mol. The van der Waals surface area contributed by atoms with E-state index < -0.39 is 4.75 Å². The Balaban J connectivity index is 2.35. The zero-order chi connectivity index (χ0) is 23.5. The van der Waals surface area contributed by atoms with E-state index in [4.69, 9.17) is 4.74 Å². The summed E-state index contributed by atoms with van der Waals surface area (Å²) in [5.74, 6) is -0.0435. The molecule has 0 N–H and O–H groups in total. The van der Waals surface area contributed by atoms with Gasteiger partial charge in [-0.1, -0.05) is 121 Å². The van der Waals surface area contributed by atoms with Crippen LogP contribution in [0.2, 0.25) is 0 Å². The zero-order valence-corrected chi connectivity index (χ0v) is 22.3. The first kappa shape index (κ1) is 29.1. The third kappa shape index (κ3) is 12.9. The third-order valence-electron chi connectivity index (χ3n) is 6.55. The van der Waals surface area contributed by atoms with Crippen LogP contribution in [0, 0.1) is 0 Å². The van der Waals surface area contributed by atoms with Gasteiger partial charge in [-0.05, 0) is 44.4 Å². The molecule has 0 heterocycles. The molecular weight excluding hydrogens is 412 g/mol. The van der Waals surface area contributed by atoms with E-state index in [1.165, 1.54) is 76.2 Å². The monoisotopic (exact) mass is 462 g/mol. The molecule has 0 saturated carbocycles. The smallest absolute Gasteiger partial charge is 0.322 e. The van der Waals surface area contributed by atoms with Crippen LogP contribution < -0.4 is 0 Å². The molecule has 32 heavy (non-hydrogen) atoms. The van der Waals surface area contributed by atoms with Crippen LogP contribution in [0.25, 0.3) is 0 Å². The van der Waals surface area contributed by atoms with E-state index in [1.54, 1.807) is 11.8 Å². The van der Waals surface area contributed by atoms with E-state index in [0.29, 0.717) is 6.42 Å². The van der Waals surface area contributed by atoms with Crippen molar-refractivity contribution in [2.45, 2.75) is 134 Å². The Hall–Kier alpha value is -0.960.